The zero-order valence-electron chi connectivity index (χ0n) is 23.0. The summed E-state index contributed by atoms with van der Waals surface area (Å²) in [6.45, 7) is 5.21. The van der Waals surface area contributed by atoms with E-state index in [2.05, 4.69) is 15.2 Å². The van der Waals surface area contributed by atoms with Crippen molar-refractivity contribution >= 4 is 41.2 Å². The number of nitrogens with zero attached hydrogens (tertiary/aromatic N) is 4. The quantitative estimate of drug-likeness (QED) is 0.305. The van der Waals surface area contributed by atoms with Crippen molar-refractivity contribution in [2.24, 2.45) is 5.92 Å². The number of nitrogens with one attached hydrogen (secondary N) is 1. The number of carbonyl (C=O) groups is 2. The number of anilines is 3. The Bertz CT molecular complexity index is 1440. The summed E-state index contributed by atoms with van der Waals surface area (Å²) in [6.07, 6.45) is 5.96. The standard InChI is InChI=1S/C30H33ClFN5O3/c1-19(2)30(40)34-27-14-21(15-28(33-27)36-9-5-6-10-36)24-17-22(32)16-23(29(24)39)20-7-8-26(25(31)13-20)37(18-38)12-11-35(3)4/h7-8,11-19,39H,5-6,9-10H2,1-4H3,(H,33,34,40)/b12-11-. The van der Waals surface area contributed by atoms with E-state index in [0.29, 0.717) is 34.9 Å². The molecule has 2 N–H and O–H groups in total. The second-order valence-corrected chi connectivity index (χ2v) is 10.6. The number of phenols is 1. The molecule has 2 amide bonds. The van der Waals surface area contributed by atoms with Crippen LogP contribution in [0.15, 0.2) is 54.9 Å². The van der Waals surface area contributed by atoms with Crippen molar-refractivity contribution < 1.29 is 19.1 Å². The maximum Gasteiger partial charge on any atom is 0.228 e. The van der Waals surface area contributed by atoms with Crippen molar-refractivity contribution in [1.29, 1.82) is 0 Å². The molecule has 210 valence electrons. The number of rotatable bonds is 9. The highest BCUT2D eigenvalue weighted by Gasteiger charge is 2.21. The molecule has 3 aromatic rings. The molecule has 0 aliphatic carbocycles. The van der Waals surface area contributed by atoms with E-state index in [1.165, 1.54) is 17.0 Å². The molecule has 40 heavy (non-hydrogen) atoms. The molecule has 2 heterocycles. The Balaban J connectivity index is 1.78. The van der Waals surface area contributed by atoms with E-state index in [0.717, 1.165) is 25.9 Å². The fourth-order valence-corrected chi connectivity index (χ4v) is 4.69. The van der Waals surface area contributed by atoms with Crippen LogP contribution in [-0.4, -0.2) is 54.5 Å². The monoisotopic (exact) mass is 565 g/mol. The first-order chi connectivity index (χ1) is 19.1. The van der Waals surface area contributed by atoms with Crippen LogP contribution in [0.1, 0.15) is 26.7 Å². The van der Waals surface area contributed by atoms with Crippen molar-refractivity contribution in [3.63, 3.8) is 0 Å². The van der Waals surface area contributed by atoms with Crippen LogP contribution >= 0.6 is 11.6 Å². The lowest BCUT2D eigenvalue weighted by Gasteiger charge is -2.20. The minimum Gasteiger partial charge on any atom is -0.507 e. The number of benzene rings is 2. The Hall–Kier alpha value is -4.11. The molecule has 2 aromatic carbocycles. The summed E-state index contributed by atoms with van der Waals surface area (Å²) in [5, 5.41) is 14.5. The highest BCUT2D eigenvalue weighted by molar-refractivity contribution is 6.34. The van der Waals surface area contributed by atoms with Crippen LogP contribution in [0.4, 0.5) is 21.7 Å². The maximum atomic E-state index is 15.0. The first-order valence-corrected chi connectivity index (χ1v) is 13.4. The second kappa shape index (κ2) is 12.4. The van der Waals surface area contributed by atoms with Gasteiger partial charge in [-0.1, -0.05) is 31.5 Å². The highest BCUT2D eigenvalue weighted by Crippen LogP contribution is 2.42. The maximum absolute atomic E-state index is 15.0. The van der Waals surface area contributed by atoms with E-state index in [1.807, 2.05) is 14.1 Å². The fourth-order valence-electron chi connectivity index (χ4n) is 4.41. The summed E-state index contributed by atoms with van der Waals surface area (Å²) in [5.74, 6) is -0.179. The minimum atomic E-state index is -0.557. The Labute approximate surface area is 238 Å². The molecule has 8 nitrogen and oxygen atoms in total. The normalized spacial score (nSPS) is 13.2. The van der Waals surface area contributed by atoms with Gasteiger partial charge in [0.25, 0.3) is 0 Å². The summed E-state index contributed by atoms with van der Waals surface area (Å²) < 4.78 is 15.0. The van der Waals surface area contributed by atoms with Crippen LogP contribution in [0.3, 0.4) is 0 Å². The first-order valence-electron chi connectivity index (χ1n) is 13.1. The van der Waals surface area contributed by atoms with Crippen LogP contribution in [0, 0.1) is 11.7 Å². The third-order valence-corrected chi connectivity index (χ3v) is 6.88. The van der Waals surface area contributed by atoms with Crippen molar-refractivity contribution in [3.8, 4) is 28.0 Å². The summed E-state index contributed by atoms with van der Waals surface area (Å²) in [7, 11) is 3.65. The van der Waals surface area contributed by atoms with E-state index in [-0.39, 0.29) is 33.7 Å². The molecule has 4 rings (SSSR count). The number of aromatic hydroxyl groups is 1. The summed E-state index contributed by atoms with van der Waals surface area (Å²) >= 11 is 6.53. The van der Waals surface area contributed by atoms with Gasteiger partial charge in [0.1, 0.15) is 23.2 Å². The molecule has 0 unspecified atom stereocenters. The molecule has 1 aliphatic rings. The number of aromatic nitrogens is 1. The second-order valence-electron chi connectivity index (χ2n) is 10.2. The molecule has 0 radical (unpaired) electrons. The van der Waals surface area contributed by atoms with E-state index in [4.69, 9.17) is 11.6 Å². The number of hydrogen-bond donors (Lipinski definition) is 2. The van der Waals surface area contributed by atoms with Gasteiger partial charge in [-0.2, -0.15) is 0 Å². The van der Waals surface area contributed by atoms with Crippen molar-refractivity contribution in [1.82, 2.24) is 9.88 Å². The zero-order valence-corrected chi connectivity index (χ0v) is 23.7. The van der Waals surface area contributed by atoms with Gasteiger partial charge < -0.3 is 20.2 Å². The third kappa shape index (κ3) is 6.54. The first kappa shape index (κ1) is 28.9. The van der Waals surface area contributed by atoms with Gasteiger partial charge in [-0.05, 0) is 60.4 Å². The van der Waals surface area contributed by atoms with Gasteiger partial charge in [0.2, 0.25) is 12.3 Å². The molecular formula is C30H33ClFN5O3. The van der Waals surface area contributed by atoms with E-state index < -0.39 is 5.82 Å². The van der Waals surface area contributed by atoms with Crippen molar-refractivity contribution in [3.05, 3.63) is 65.7 Å². The van der Waals surface area contributed by atoms with Crippen LogP contribution < -0.4 is 15.1 Å². The number of pyridine rings is 1. The van der Waals surface area contributed by atoms with Crippen LogP contribution in [0.25, 0.3) is 22.3 Å². The SMILES string of the molecule is CC(C)C(=O)Nc1cc(-c2cc(F)cc(-c3ccc(N(C=O)/C=C\N(C)C)c(Cl)c3)c2O)cc(N2CCCC2)n1. The predicted octanol–water partition coefficient (Wildman–Crippen LogP) is 6.10. The van der Waals surface area contributed by atoms with Crippen LogP contribution in [-0.2, 0) is 9.59 Å². The molecule has 0 spiro atoms. The number of carbonyl (C=O) groups excluding carboxylic acids is 2. The van der Waals surface area contributed by atoms with E-state index >= 15 is 4.39 Å². The smallest absolute Gasteiger partial charge is 0.228 e. The topological polar surface area (TPSA) is 89.0 Å². The number of phenolic OH excluding ortho intramolecular Hbond substituents is 1. The Kier molecular flexibility index (Phi) is 8.94. The number of hydrogen-bond acceptors (Lipinski definition) is 6. The van der Waals surface area contributed by atoms with Gasteiger partial charge in [0.05, 0.1) is 10.7 Å². The van der Waals surface area contributed by atoms with Crippen LogP contribution in [0.5, 0.6) is 5.75 Å². The average Bonchev–Trinajstić information content (AvgIpc) is 3.45. The van der Waals surface area contributed by atoms with Gasteiger partial charge in [0.15, 0.2) is 0 Å². The summed E-state index contributed by atoms with van der Waals surface area (Å²) in [6, 6.07) is 10.8. The molecule has 1 aromatic heterocycles. The predicted molar refractivity (Wildman–Crippen MR) is 158 cm³/mol. The summed E-state index contributed by atoms with van der Waals surface area (Å²) in [4.78, 5) is 33.9. The fraction of sp³-hybridized carbons (Fsp3) is 0.300. The molecule has 10 heteroatoms. The summed E-state index contributed by atoms with van der Waals surface area (Å²) in [5.41, 5.74) is 1.90. The Morgan fingerprint density at radius 3 is 2.35 bits per heavy atom. The molecule has 0 atom stereocenters. The largest absolute Gasteiger partial charge is 0.507 e. The van der Waals surface area contributed by atoms with Crippen molar-refractivity contribution in [2.45, 2.75) is 26.7 Å². The molecule has 1 aliphatic heterocycles. The number of amides is 2. The minimum absolute atomic E-state index is 0.148. The van der Waals surface area contributed by atoms with Gasteiger partial charge in [0, 0.05) is 56.6 Å². The van der Waals surface area contributed by atoms with Crippen molar-refractivity contribution in [2.75, 3.05) is 42.3 Å². The lowest BCUT2D eigenvalue weighted by Crippen LogP contribution is -2.22. The molecule has 1 fully saturated rings. The molecule has 0 saturated carbocycles. The van der Waals surface area contributed by atoms with Gasteiger partial charge in [-0.15, -0.1) is 0 Å². The van der Waals surface area contributed by atoms with Gasteiger partial charge >= 0.3 is 0 Å². The average molecular weight is 566 g/mol. The Morgan fingerprint density at radius 1 is 1.07 bits per heavy atom. The lowest BCUT2D eigenvalue weighted by atomic mass is 9.97. The highest BCUT2D eigenvalue weighted by atomic mass is 35.5. The number of halogens is 2. The third-order valence-electron chi connectivity index (χ3n) is 6.58. The molecular weight excluding hydrogens is 533 g/mol. The van der Waals surface area contributed by atoms with E-state index in [1.54, 1.807) is 61.5 Å². The lowest BCUT2D eigenvalue weighted by molar-refractivity contribution is -0.119. The Morgan fingerprint density at radius 2 is 1.75 bits per heavy atom. The van der Waals surface area contributed by atoms with Crippen LogP contribution in [0.2, 0.25) is 5.02 Å². The van der Waals surface area contributed by atoms with E-state index in [9.17, 15) is 14.7 Å². The zero-order chi connectivity index (χ0) is 29.0. The van der Waals surface area contributed by atoms with Gasteiger partial charge in [-0.25, -0.2) is 9.37 Å². The molecule has 0 bridgehead atoms. The van der Waals surface area contributed by atoms with Gasteiger partial charge in [-0.3, -0.25) is 14.5 Å². The molecule has 1 saturated heterocycles.